The van der Waals surface area contributed by atoms with Gasteiger partial charge in [0.2, 0.25) is 0 Å². The molecule has 0 amide bonds. The summed E-state index contributed by atoms with van der Waals surface area (Å²) >= 11 is 5.83. The van der Waals surface area contributed by atoms with Gasteiger partial charge in [-0.2, -0.15) is 0 Å². The second-order valence-electron chi connectivity index (χ2n) is 4.22. The first-order chi connectivity index (χ1) is 10.3. The fourth-order valence-corrected chi connectivity index (χ4v) is 2.97. The summed E-state index contributed by atoms with van der Waals surface area (Å²) in [6, 6.07) is 8.86. The third-order valence-corrected chi connectivity index (χ3v) is 4.46. The molecule has 0 aromatic heterocycles. The number of hydrogen-bond acceptors (Lipinski definition) is 4. The Hall–Kier alpha value is -2.12. The van der Waals surface area contributed by atoms with E-state index in [4.69, 9.17) is 11.6 Å². The lowest BCUT2D eigenvalue weighted by Crippen LogP contribution is -2.15. The van der Waals surface area contributed by atoms with E-state index >= 15 is 0 Å². The zero-order valence-corrected chi connectivity index (χ0v) is 12.9. The molecule has 0 aliphatic rings. The highest BCUT2D eigenvalue weighted by Gasteiger charge is 2.20. The topological polar surface area (TPSA) is 72.5 Å². The molecule has 0 unspecified atom stereocenters. The van der Waals surface area contributed by atoms with Crippen molar-refractivity contribution >= 4 is 33.3 Å². The van der Waals surface area contributed by atoms with Crippen LogP contribution in [0, 0.1) is 5.82 Å². The van der Waals surface area contributed by atoms with Crippen molar-refractivity contribution in [3.8, 4) is 0 Å². The maximum Gasteiger partial charge on any atom is 0.339 e. The van der Waals surface area contributed by atoms with Gasteiger partial charge >= 0.3 is 5.97 Å². The van der Waals surface area contributed by atoms with E-state index in [1.807, 2.05) is 0 Å². The van der Waals surface area contributed by atoms with E-state index in [0.29, 0.717) is 0 Å². The zero-order chi connectivity index (χ0) is 16.3. The predicted octanol–water partition coefficient (Wildman–Crippen LogP) is 3.07. The van der Waals surface area contributed by atoms with Crippen molar-refractivity contribution < 1.29 is 22.3 Å². The number of benzene rings is 2. The number of hydrogen-bond donors (Lipinski definition) is 1. The zero-order valence-electron chi connectivity index (χ0n) is 11.3. The number of methoxy groups -OCH3 is 1. The van der Waals surface area contributed by atoms with Gasteiger partial charge in [0.05, 0.1) is 28.3 Å². The van der Waals surface area contributed by atoms with Crippen LogP contribution in [0.5, 0.6) is 0 Å². The largest absolute Gasteiger partial charge is 0.465 e. The summed E-state index contributed by atoms with van der Waals surface area (Å²) in [5.41, 5.74) is -0.294. The lowest BCUT2D eigenvalue weighted by atomic mass is 10.2. The van der Waals surface area contributed by atoms with Crippen molar-refractivity contribution in [2.45, 2.75) is 4.90 Å². The molecular formula is C14H11ClFNO4S. The lowest BCUT2D eigenvalue weighted by molar-refractivity contribution is 0.0600. The van der Waals surface area contributed by atoms with Crippen molar-refractivity contribution in [1.82, 2.24) is 0 Å². The summed E-state index contributed by atoms with van der Waals surface area (Å²) < 4.78 is 44.7. The minimum atomic E-state index is -4.07. The highest BCUT2D eigenvalue weighted by molar-refractivity contribution is 7.92. The molecule has 22 heavy (non-hydrogen) atoms. The fraction of sp³-hybridized carbons (Fsp3) is 0.0714. The van der Waals surface area contributed by atoms with Crippen LogP contribution < -0.4 is 4.72 Å². The molecule has 0 aliphatic heterocycles. The molecule has 8 heteroatoms. The Labute approximate surface area is 131 Å². The third kappa shape index (κ3) is 3.37. The Balaban J connectivity index is 2.42. The van der Waals surface area contributed by atoms with E-state index in [1.165, 1.54) is 30.3 Å². The van der Waals surface area contributed by atoms with Crippen molar-refractivity contribution in [3.05, 3.63) is 58.9 Å². The van der Waals surface area contributed by atoms with Crippen LogP contribution in [0.3, 0.4) is 0 Å². The van der Waals surface area contributed by atoms with E-state index in [2.05, 4.69) is 9.46 Å². The molecule has 2 aromatic carbocycles. The number of ether oxygens (including phenoxy) is 1. The number of rotatable bonds is 4. The molecule has 1 N–H and O–H groups in total. The molecule has 0 atom stereocenters. The summed E-state index contributed by atoms with van der Waals surface area (Å²) in [4.78, 5) is 11.3. The van der Waals surface area contributed by atoms with Gasteiger partial charge < -0.3 is 4.74 Å². The number of nitrogens with one attached hydrogen (secondary N) is 1. The van der Waals surface area contributed by atoms with E-state index in [1.54, 1.807) is 0 Å². The SMILES string of the molecule is COC(=O)c1cc(S(=O)(=O)Nc2ccccc2F)ccc1Cl. The number of anilines is 1. The standard InChI is InChI=1S/C14H11ClFNO4S/c1-21-14(18)10-8-9(6-7-11(10)15)22(19,20)17-13-5-3-2-4-12(13)16/h2-8,17H,1H3. The van der Waals surface area contributed by atoms with Crippen LogP contribution in [0.15, 0.2) is 47.4 Å². The maximum atomic E-state index is 13.5. The Morgan fingerprint density at radius 3 is 2.55 bits per heavy atom. The normalized spacial score (nSPS) is 11.0. The molecule has 0 radical (unpaired) electrons. The van der Waals surface area contributed by atoms with Gasteiger partial charge in [0.1, 0.15) is 5.82 Å². The van der Waals surface area contributed by atoms with Crippen LogP contribution in [0.25, 0.3) is 0 Å². The predicted molar refractivity (Wildman–Crippen MR) is 80.0 cm³/mol. The molecule has 0 saturated heterocycles. The number of carbonyl (C=O) groups excluding carboxylic acids is 1. The van der Waals surface area contributed by atoms with E-state index in [9.17, 15) is 17.6 Å². The van der Waals surface area contributed by atoms with Crippen molar-refractivity contribution in [2.24, 2.45) is 0 Å². The molecule has 2 rings (SSSR count). The number of sulfonamides is 1. The number of carbonyl (C=O) groups is 1. The molecule has 0 saturated carbocycles. The first kappa shape index (κ1) is 16.3. The monoisotopic (exact) mass is 343 g/mol. The van der Waals surface area contributed by atoms with Crippen LogP contribution in [0.4, 0.5) is 10.1 Å². The minimum absolute atomic E-state index is 0.0525. The summed E-state index contributed by atoms with van der Waals surface area (Å²) in [6.07, 6.45) is 0. The first-order valence-electron chi connectivity index (χ1n) is 6.00. The lowest BCUT2D eigenvalue weighted by Gasteiger charge is -2.10. The highest BCUT2D eigenvalue weighted by atomic mass is 35.5. The number of esters is 1. The molecule has 0 spiro atoms. The second-order valence-corrected chi connectivity index (χ2v) is 6.31. The molecule has 0 heterocycles. The Morgan fingerprint density at radius 1 is 1.23 bits per heavy atom. The third-order valence-electron chi connectivity index (χ3n) is 2.77. The first-order valence-corrected chi connectivity index (χ1v) is 7.86. The molecule has 2 aromatic rings. The average molecular weight is 344 g/mol. The second kappa shape index (κ2) is 6.33. The minimum Gasteiger partial charge on any atom is -0.465 e. The van der Waals surface area contributed by atoms with Gasteiger partial charge in [-0.3, -0.25) is 4.72 Å². The maximum absolute atomic E-state index is 13.5. The van der Waals surface area contributed by atoms with Gasteiger partial charge in [0.25, 0.3) is 10.0 Å². The summed E-state index contributed by atoms with van der Waals surface area (Å²) in [6.45, 7) is 0. The fourth-order valence-electron chi connectivity index (χ4n) is 1.69. The Bertz CT molecular complexity index is 823. The number of para-hydroxylation sites is 1. The Morgan fingerprint density at radius 2 is 1.91 bits per heavy atom. The molecule has 0 bridgehead atoms. The van der Waals surface area contributed by atoms with Crippen LogP contribution in [-0.4, -0.2) is 21.5 Å². The van der Waals surface area contributed by atoms with E-state index < -0.39 is 21.8 Å². The molecular weight excluding hydrogens is 333 g/mol. The van der Waals surface area contributed by atoms with Gasteiger partial charge in [-0.05, 0) is 30.3 Å². The van der Waals surface area contributed by atoms with Crippen LogP contribution in [-0.2, 0) is 14.8 Å². The summed E-state index contributed by atoms with van der Waals surface area (Å²) in [5, 5.41) is 0.0525. The summed E-state index contributed by atoms with van der Waals surface area (Å²) in [7, 11) is -2.92. The quantitative estimate of drug-likeness (QED) is 0.866. The van der Waals surface area contributed by atoms with Crippen molar-refractivity contribution in [2.75, 3.05) is 11.8 Å². The molecule has 0 fully saturated rings. The van der Waals surface area contributed by atoms with Crippen molar-refractivity contribution in [3.63, 3.8) is 0 Å². The molecule has 116 valence electrons. The van der Waals surface area contributed by atoms with E-state index in [0.717, 1.165) is 19.2 Å². The van der Waals surface area contributed by atoms with E-state index in [-0.39, 0.29) is 21.2 Å². The van der Waals surface area contributed by atoms with Gasteiger partial charge in [-0.15, -0.1) is 0 Å². The van der Waals surface area contributed by atoms with Gasteiger partial charge in [-0.25, -0.2) is 17.6 Å². The van der Waals surface area contributed by atoms with Gasteiger partial charge in [0, 0.05) is 0 Å². The smallest absolute Gasteiger partial charge is 0.339 e. The van der Waals surface area contributed by atoms with Crippen molar-refractivity contribution in [1.29, 1.82) is 0 Å². The molecule has 5 nitrogen and oxygen atoms in total. The number of halogens is 2. The molecule has 0 aliphatic carbocycles. The van der Waals surface area contributed by atoms with Gasteiger partial charge in [0.15, 0.2) is 0 Å². The van der Waals surface area contributed by atoms with Gasteiger partial charge in [-0.1, -0.05) is 23.7 Å². The highest BCUT2D eigenvalue weighted by Crippen LogP contribution is 2.24. The average Bonchev–Trinajstić information content (AvgIpc) is 2.49. The van der Waals surface area contributed by atoms with Crippen LogP contribution >= 0.6 is 11.6 Å². The Kier molecular flexibility index (Phi) is 4.68. The van der Waals surface area contributed by atoms with Crippen LogP contribution in [0.2, 0.25) is 5.02 Å². The van der Waals surface area contributed by atoms with Crippen LogP contribution in [0.1, 0.15) is 10.4 Å². The summed E-state index contributed by atoms with van der Waals surface area (Å²) in [5.74, 6) is -1.49.